The van der Waals surface area contributed by atoms with Crippen LogP contribution in [-0.2, 0) is 9.53 Å². The summed E-state index contributed by atoms with van der Waals surface area (Å²) in [6.07, 6.45) is 1.62. The molecule has 1 saturated heterocycles. The highest BCUT2D eigenvalue weighted by atomic mass is 35.5. The number of carbonyl (C=O) groups excluding carboxylic acids is 1. The summed E-state index contributed by atoms with van der Waals surface area (Å²) in [5.74, 6) is -0.430. The van der Waals surface area contributed by atoms with Crippen molar-refractivity contribution < 1.29 is 14.6 Å². The normalized spacial score (nSPS) is 18.0. The highest BCUT2D eigenvalue weighted by Crippen LogP contribution is 2.28. The third-order valence-electron chi connectivity index (χ3n) is 4.76. The van der Waals surface area contributed by atoms with Gasteiger partial charge in [0, 0.05) is 22.5 Å². The number of hydrogen-bond acceptors (Lipinski definition) is 7. The van der Waals surface area contributed by atoms with E-state index in [-0.39, 0.29) is 29.8 Å². The van der Waals surface area contributed by atoms with Crippen molar-refractivity contribution >= 4 is 34.5 Å². The number of nitriles is 1. The molecule has 1 atom stereocenters. The molecule has 1 aliphatic heterocycles. The number of halogens is 1. The molecule has 0 unspecified atom stereocenters. The lowest BCUT2D eigenvalue weighted by atomic mass is 9.98. The zero-order valence-corrected chi connectivity index (χ0v) is 17.7. The fraction of sp³-hybridized carbons (Fsp3) is 0.381. The smallest absolute Gasteiger partial charge is 0.310 e. The summed E-state index contributed by atoms with van der Waals surface area (Å²) in [6.45, 7) is 3.62. The standard InChI is InChI=1S/C21H22ClN3O3S/c1-2-28-21(27)15-4-3-9-25(11-15)12-19(26)17(10-23)20-24-18(13-29-20)14-5-7-16(22)8-6-14/h5-8,13,15,26H,2-4,9,11-12H2,1H3/t15-/m0/s1. The zero-order valence-electron chi connectivity index (χ0n) is 16.1. The van der Waals surface area contributed by atoms with Gasteiger partial charge in [-0.25, -0.2) is 4.98 Å². The number of aliphatic hydroxyl groups excluding tert-OH is 1. The number of benzene rings is 1. The third kappa shape index (κ3) is 5.36. The molecule has 8 heteroatoms. The number of allylic oxidation sites excluding steroid dienone is 1. The highest BCUT2D eigenvalue weighted by Gasteiger charge is 2.28. The van der Waals surface area contributed by atoms with Crippen LogP contribution in [0.4, 0.5) is 0 Å². The second-order valence-corrected chi connectivity index (χ2v) is 8.10. The molecule has 1 aromatic heterocycles. The lowest BCUT2D eigenvalue weighted by Crippen LogP contribution is -2.40. The van der Waals surface area contributed by atoms with E-state index in [2.05, 4.69) is 11.1 Å². The van der Waals surface area contributed by atoms with Crippen molar-refractivity contribution in [3.8, 4) is 17.3 Å². The molecule has 0 amide bonds. The van der Waals surface area contributed by atoms with Gasteiger partial charge in [0.25, 0.3) is 0 Å². The molecule has 0 spiro atoms. The summed E-state index contributed by atoms with van der Waals surface area (Å²) >= 11 is 7.23. The molecule has 152 valence electrons. The van der Waals surface area contributed by atoms with E-state index >= 15 is 0 Å². The predicted molar refractivity (Wildman–Crippen MR) is 114 cm³/mol. The van der Waals surface area contributed by atoms with Gasteiger partial charge in [0.15, 0.2) is 0 Å². The van der Waals surface area contributed by atoms with Crippen LogP contribution in [0.15, 0.2) is 35.4 Å². The molecular formula is C21H22ClN3O3S. The van der Waals surface area contributed by atoms with E-state index in [1.54, 1.807) is 19.1 Å². The number of nitrogens with zero attached hydrogens (tertiary/aromatic N) is 3. The summed E-state index contributed by atoms with van der Waals surface area (Å²) in [5, 5.41) is 23.2. The monoisotopic (exact) mass is 431 g/mol. The van der Waals surface area contributed by atoms with Gasteiger partial charge in [-0.15, -0.1) is 11.3 Å². The van der Waals surface area contributed by atoms with Crippen molar-refractivity contribution in [2.24, 2.45) is 5.92 Å². The second-order valence-electron chi connectivity index (χ2n) is 6.80. The third-order valence-corrected chi connectivity index (χ3v) is 5.87. The number of ether oxygens (including phenoxy) is 1. The van der Waals surface area contributed by atoms with Gasteiger partial charge in [-0.1, -0.05) is 23.7 Å². The summed E-state index contributed by atoms with van der Waals surface area (Å²) in [5.41, 5.74) is 1.78. The number of carbonyl (C=O) groups is 1. The molecule has 0 bridgehead atoms. The average molecular weight is 432 g/mol. The number of aliphatic hydroxyl groups is 1. The molecule has 2 heterocycles. The Morgan fingerprint density at radius 2 is 2.21 bits per heavy atom. The van der Waals surface area contributed by atoms with Crippen molar-refractivity contribution in [1.82, 2.24) is 9.88 Å². The Balaban J connectivity index is 1.74. The van der Waals surface area contributed by atoms with Crippen LogP contribution >= 0.6 is 22.9 Å². The van der Waals surface area contributed by atoms with E-state index in [0.717, 1.165) is 30.6 Å². The fourth-order valence-corrected chi connectivity index (χ4v) is 4.29. The van der Waals surface area contributed by atoms with Gasteiger partial charge in [-0.2, -0.15) is 5.26 Å². The van der Waals surface area contributed by atoms with Crippen molar-refractivity contribution in [2.45, 2.75) is 19.8 Å². The molecule has 2 aromatic rings. The van der Waals surface area contributed by atoms with Crippen LogP contribution in [0, 0.1) is 17.2 Å². The first-order chi connectivity index (χ1) is 14.0. The molecule has 29 heavy (non-hydrogen) atoms. The Morgan fingerprint density at radius 3 is 2.90 bits per heavy atom. The summed E-state index contributed by atoms with van der Waals surface area (Å²) in [6, 6.07) is 9.36. The van der Waals surface area contributed by atoms with Crippen LogP contribution in [0.1, 0.15) is 24.8 Å². The van der Waals surface area contributed by atoms with E-state index in [1.165, 1.54) is 11.3 Å². The van der Waals surface area contributed by atoms with Crippen molar-refractivity contribution in [2.75, 3.05) is 26.2 Å². The molecule has 1 aliphatic rings. The summed E-state index contributed by atoms with van der Waals surface area (Å²) in [4.78, 5) is 18.5. The van der Waals surface area contributed by atoms with Gasteiger partial charge in [-0.3, -0.25) is 9.69 Å². The van der Waals surface area contributed by atoms with Gasteiger partial charge in [0.2, 0.25) is 0 Å². The number of rotatable bonds is 6. The van der Waals surface area contributed by atoms with E-state index in [4.69, 9.17) is 16.3 Å². The van der Waals surface area contributed by atoms with Crippen LogP contribution in [0.3, 0.4) is 0 Å². The molecule has 0 radical (unpaired) electrons. The van der Waals surface area contributed by atoms with Crippen molar-refractivity contribution in [1.29, 1.82) is 5.26 Å². The van der Waals surface area contributed by atoms with Crippen LogP contribution in [0.2, 0.25) is 5.02 Å². The number of aromatic nitrogens is 1. The maximum absolute atomic E-state index is 12.0. The first kappa shape index (κ1) is 21.3. The number of piperidine rings is 1. The average Bonchev–Trinajstić information content (AvgIpc) is 3.19. The Hall–Kier alpha value is -2.40. The van der Waals surface area contributed by atoms with Crippen LogP contribution in [0.25, 0.3) is 16.8 Å². The van der Waals surface area contributed by atoms with Gasteiger partial charge in [0.1, 0.15) is 22.4 Å². The first-order valence-corrected chi connectivity index (χ1v) is 10.7. The molecule has 1 N–H and O–H groups in total. The van der Waals surface area contributed by atoms with Crippen LogP contribution in [0.5, 0.6) is 0 Å². The second kappa shape index (κ2) is 9.88. The van der Waals surface area contributed by atoms with Gasteiger partial charge in [0.05, 0.1) is 24.8 Å². The number of thiazole rings is 1. The minimum absolute atomic E-state index is 0.0333. The zero-order chi connectivity index (χ0) is 20.8. The summed E-state index contributed by atoms with van der Waals surface area (Å²) < 4.78 is 5.12. The largest absolute Gasteiger partial charge is 0.509 e. The Labute approximate surface area is 179 Å². The van der Waals surface area contributed by atoms with Crippen molar-refractivity contribution in [3.63, 3.8) is 0 Å². The first-order valence-electron chi connectivity index (χ1n) is 9.44. The SMILES string of the molecule is CCOC(=O)[C@H]1CCCN(CC(O)=C(C#N)c2nc(-c3ccc(Cl)cc3)cs2)C1. The Bertz CT molecular complexity index is 933. The molecule has 1 fully saturated rings. The van der Waals surface area contributed by atoms with Gasteiger partial charge < -0.3 is 9.84 Å². The molecule has 0 aliphatic carbocycles. The predicted octanol–water partition coefficient (Wildman–Crippen LogP) is 4.53. The van der Waals surface area contributed by atoms with Crippen molar-refractivity contribution in [3.05, 3.63) is 45.4 Å². The molecule has 6 nitrogen and oxygen atoms in total. The van der Waals surface area contributed by atoms with E-state index < -0.39 is 0 Å². The lowest BCUT2D eigenvalue weighted by molar-refractivity contribution is -0.149. The van der Waals surface area contributed by atoms with E-state index in [0.29, 0.717) is 23.2 Å². The Kier molecular flexibility index (Phi) is 7.26. The number of esters is 1. The maximum atomic E-state index is 12.0. The lowest BCUT2D eigenvalue weighted by Gasteiger charge is -2.31. The minimum atomic E-state index is -0.200. The quantitative estimate of drug-likeness (QED) is 0.410. The minimum Gasteiger partial charge on any atom is -0.509 e. The van der Waals surface area contributed by atoms with Crippen LogP contribution < -0.4 is 0 Å². The molecule has 0 saturated carbocycles. The number of hydrogen-bond donors (Lipinski definition) is 1. The number of likely N-dealkylation sites (tertiary alicyclic amines) is 1. The molecule has 3 rings (SSSR count). The van der Waals surface area contributed by atoms with E-state index in [1.807, 2.05) is 22.4 Å². The Morgan fingerprint density at radius 1 is 1.45 bits per heavy atom. The maximum Gasteiger partial charge on any atom is 0.310 e. The fourth-order valence-electron chi connectivity index (χ4n) is 3.32. The van der Waals surface area contributed by atoms with Crippen LogP contribution in [-0.4, -0.2) is 47.2 Å². The molecular weight excluding hydrogens is 410 g/mol. The topological polar surface area (TPSA) is 86.5 Å². The van der Waals surface area contributed by atoms with Gasteiger partial charge >= 0.3 is 5.97 Å². The summed E-state index contributed by atoms with van der Waals surface area (Å²) in [7, 11) is 0. The highest BCUT2D eigenvalue weighted by molar-refractivity contribution is 7.11. The van der Waals surface area contributed by atoms with E-state index in [9.17, 15) is 15.2 Å². The molecule has 1 aromatic carbocycles. The van der Waals surface area contributed by atoms with Gasteiger partial charge in [-0.05, 0) is 38.4 Å².